The van der Waals surface area contributed by atoms with Crippen molar-refractivity contribution in [3.63, 3.8) is 0 Å². The Labute approximate surface area is 86.9 Å². The summed E-state index contributed by atoms with van der Waals surface area (Å²) in [5.74, 6) is 0.581. The molecule has 0 unspecified atom stereocenters. The van der Waals surface area contributed by atoms with E-state index in [2.05, 4.69) is 39.9 Å². The molecule has 0 saturated carbocycles. The molecular formula is C11H22N2O. The van der Waals surface area contributed by atoms with Crippen LogP contribution in [0.25, 0.3) is 0 Å². The normalized spacial score (nSPS) is 29.1. The SMILES string of the molecule is CC(C)[C@@H]1N[C@H](C(C)(C)C)N(C)C1=O. The minimum atomic E-state index is -0.00998. The van der Waals surface area contributed by atoms with Crippen molar-refractivity contribution >= 4 is 5.91 Å². The van der Waals surface area contributed by atoms with Gasteiger partial charge in [0.1, 0.15) is 0 Å². The quantitative estimate of drug-likeness (QED) is 0.691. The lowest BCUT2D eigenvalue weighted by atomic mass is 9.92. The van der Waals surface area contributed by atoms with Crippen molar-refractivity contribution in [3.05, 3.63) is 0 Å². The predicted octanol–water partition coefficient (Wildman–Crippen LogP) is 1.44. The summed E-state index contributed by atoms with van der Waals surface area (Å²) >= 11 is 0. The zero-order valence-electron chi connectivity index (χ0n) is 10.1. The number of nitrogens with zero attached hydrogens (tertiary/aromatic N) is 1. The fourth-order valence-corrected chi connectivity index (χ4v) is 2.01. The van der Waals surface area contributed by atoms with Crippen LogP contribution in [-0.4, -0.2) is 30.1 Å². The van der Waals surface area contributed by atoms with E-state index in [-0.39, 0.29) is 23.5 Å². The van der Waals surface area contributed by atoms with Gasteiger partial charge in [-0.1, -0.05) is 34.6 Å². The highest BCUT2D eigenvalue weighted by Gasteiger charge is 2.43. The molecule has 3 heteroatoms. The molecule has 1 rings (SSSR count). The lowest BCUT2D eigenvalue weighted by Crippen LogP contribution is -2.45. The first-order valence-corrected chi connectivity index (χ1v) is 5.28. The van der Waals surface area contributed by atoms with Crippen molar-refractivity contribution in [1.29, 1.82) is 0 Å². The molecule has 1 amide bonds. The molecule has 1 N–H and O–H groups in total. The second-order valence-corrected chi connectivity index (χ2v) is 5.61. The monoisotopic (exact) mass is 198 g/mol. The van der Waals surface area contributed by atoms with Crippen LogP contribution in [0, 0.1) is 11.3 Å². The second-order valence-electron chi connectivity index (χ2n) is 5.61. The molecule has 1 aliphatic heterocycles. The number of rotatable bonds is 1. The molecule has 0 aromatic rings. The van der Waals surface area contributed by atoms with Gasteiger partial charge in [0.15, 0.2) is 0 Å². The molecule has 0 radical (unpaired) electrons. The molecule has 1 fully saturated rings. The van der Waals surface area contributed by atoms with Gasteiger partial charge in [0.2, 0.25) is 5.91 Å². The fraction of sp³-hybridized carbons (Fsp3) is 0.909. The van der Waals surface area contributed by atoms with Crippen LogP contribution >= 0.6 is 0 Å². The summed E-state index contributed by atoms with van der Waals surface area (Å²) in [6.07, 6.45) is 0.155. The first-order valence-electron chi connectivity index (χ1n) is 5.28. The Morgan fingerprint density at radius 1 is 1.36 bits per heavy atom. The summed E-state index contributed by atoms with van der Waals surface area (Å²) in [7, 11) is 1.88. The number of likely N-dealkylation sites (N-methyl/N-ethyl adjacent to an activating group) is 1. The summed E-state index contributed by atoms with van der Waals surface area (Å²) in [5.41, 5.74) is 0.0913. The van der Waals surface area contributed by atoms with E-state index >= 15 is 0 Å². The topological polar surface area (TPSA) is 32.3 Å². The third kappa shape index (κ3) is 1.92. The van der Waals surface area contributed by atoms with Gasteiger partial charge in [0, 0.05) is 7.05 Å². The highest BCUT2D eigenvalue weighted by Crippen LogP contribution is 2.28. The Balaban J connectivity index is 2.82. The van der Waals surface area contributed by atoms with Gasteiger partial charge in [0.25, 0.3) is 0 Å². The molecule has 2 atom stereocenters. The molecule has 14 heavy (non-hydrogen) atoms. The zero-order valence-corrected chi connectivity index (χ0v) is 10.1. The minimum absolute atomic E-state index is 0.00998. The van der Waals surface area contributed by atoms with E-state index in [9.17, 15) is 4.79 Å². The number of hydrogen-bond donors (Lipinski definition) is 1. The first kappa shape index (κ1) is 11.5. The van der Waals surface area contributed by atoms with E-state index in [0.29, 0.717) is 5.92 Å². The molecule has 1 aliphatic rings. The van der Waals surface area contributed by atoms with Crippen LogP contribution in [-0.2, 0) is 4.79 Å². The van der Waals surface area contributed by atoms with Crippen LogP contribution in [0.4, 0.5) is 0 Å². The third-order valence-corrected chi connectivity index (χ3v) is 2.83. The maximum Gasteiger partial charge on any atom is 0.241 e. The van der Waals surface area contributed by atoms with Gasteiger partial charge < -0.3 is 4.90 Å². The molecular weight excluding hydrogens is 176 g/mol. The summed E-state index contributed by atoms with van der Waals surface area (Å²) in [4.78, 5) is 13.7. The van der Waals surface area contributed by atoms with E-state index < -0.39 is 0 Å². The van der Waals surface area contributed by atoms with E-state index in [1.807, 2.05) is 11.9 Å². The van der Waals surface area contributed by atoms with Crippen LogP contribution in [0.3, 0.4) is 0 Å². The van der Waals surface area contributed by atoms with E-state index in [1.54, 1.807) is 0 Å². The van der Waals surface area contributed by atoms with Crippen molar-refractivity contribution in [2.24, 2.45) is 11.3 Å². The van der Waals surface area contributed by atoms with Crippen molar-refractivity contribution in [2.75, 3.05) is 7.05 Å². The Hall–Kier alpha value is -0.570. The predicted molar refractivity (Wildman–Crippen MR) is 57.8 cm³/mol. The number of hydrogen-bond acceptors (Lipinski definition) is 2. The number of amides is 1. The van der Waals surface area contributed by atoms with E-state index in [4.69, 9.17) is 0 Å². The summed E-state index contributed by atoms with van der Waals surface area (Å²) in [5, 5.41) is 3.41. The van der Waals surface area contributed by atoms with Gasteiger partial charge in [-0.05, 0) is 11.3 Å². The molecule has 1 heterocycles. The highest BCUT2D eigenvalue weighted by molar-refractivity contribution is 5.84. The van der Waals surface area contributed by atoms with Crippen LogP contribution in [0.2, 0.25) is 0 Å². The van der Waals surface area contributed by atoms with Crippen LogP contribution in [0.15, 0.2) is 0 Å². The zero-order chi connectivity index (χ0) is 11.1. The molecule has 3 nitrogen and oxygen atoms in total. The average Bonchev–Trinajstić information content (AvgIpc) is 2.28. The number of carbonyl (C=O) groups excluding carboxylic acids is 1. The summed E-state index contributed by atoms with van der Waals surface area (Å²) in [6.45, 7) is 10.6. The Kier molecular flexibility index (Phi) is 2.91. The van der Waals surface area contributed by atoms with Gasteiger partial charge in [-0.3, -0.25) is 10.1 Å². The maximum atomic E-state index is 11.9. The van der Waals surface area contributed by atoms with E-state index in [0.717, 1.165) is 0 Å². The molecule has 0 spiro atoms. The van der Waals surface area contributed by atoms with Gasteiger partial charge in [-0.15, -0.1) is 0 Å². The Morgan fingerprint density at radius 2 is 1.86 bits per heavy atom. The highest BCUT2D eigenvalue weighted by atomic mass is 16.2. The molecule has 0 aliphatic carbocycles. The van der Waals surface area contributed by atoms with Crippen molar-refractivity contribution in [3.8, 4) is 0 Å². The summed E-state index contributed by atoms with van der Waals surface area (Å²) < 4.78 is 0. The van der Waals surface area contributed by atoms with Crippen molar-refractivity contribution in [2.45, 2.75) is 46.8 Å². The van der Waals surface area contributed by atoms with Crippen molar-refractivity contribution < 1.29 is 4.79 Å². The molecule has 1 saturated heterocycles. The fourth-order valence-electron chi connectivity index (χ4n) is 2.01. The van der Waals surface area contributed by atoms with E-state index in [1.165, 1.54) is 0 Å². The van der Waals surface area contributed by atoms with Crippen LogP contribution < -0.4 is 5.32 Å². The number of nitrogens with one attached hydrogen (secondary N) is 1. The van der Waals surface area contributed by atoms with Gasteiger partial charge >= 0.3 is 0 Å². The Morgan fingerprint density at radius 3 is 2.07 bits per heavy atom. The van der Waals surface area contributed by atoms with Gasteiger partial charge in [-0.2, -0.15) is 0 Å². The van der Waals surface area contributed by atoms with Gasteiger partial charge in [-0.25, -0.2) is 0 Å². The van der Waals surface area contributed by atoms with Crippen LogP contribution in [0.1, 0.15) is 34.6 Å². The first-order chi connectivity index (χ1) is 6.25. The molecule has 0 bridgehead atoms. The smallest absolute Gasteiger partial charge is 0.241 e. The third-order valence-electron chi connectivity index (χ3n) is 2.83. The lowest BCUT2D eigenvalue weighted by molar-refractivity contribution is -0.130. The summed E-state index contributed by atoms with van der Waals surface area (Å²) in [6, 6.07) is -0.00998. The molecule has 0 aromatic carbocycles. The molecule has 82 valence electrons. The Bertz CT molecular complexity index is 230. The van der Waals surface area contributed by atoms with Crippen molar-refractivity contribution in [1.82, 2.24) is 10.2 Å². The maximum absolute atomic E-state index is 11.9. The minimum Gasteiger partial charge on any atom is -0.328 e. The number of carbonyl (C=O) groups is 1. The average molecular weight is 198 g/mol. The largest absolute Gasteiger partial charge is 0.328 e. The van der Waals surface area contributed by atoms with Gasteiger partial charge in [0.05, 0.1) is 12.2 Å². The van der Waals surface area contributed by atoms with Crippen LogP contribution in [0.5, 0.6) is 0 Å². The molecule has 0 aromatic heterocycles. The second kappa shape index (κ2) is 3.54. The lowest BCUT2D eigenvalue weighted by Gasteiger charge is -2.32. The standard InChI is InChI=1S/C11H22N2O/c1-7(2)8-9(14)13(6)10(12-8)11(3,4)5/h7-8,10,12H,1-6H3/t8-,10-/m0/s1.